The second kappa shape index (κ2) is 6.62. The molecule has 0 spiro atoms. The van der Waals surface area contributed by atoms with Gasteiger partial charge in [0.25, 0.3) is 5.56 Å². The van der Waals surface area contributed by atoms with Gasteiger partial charge in [-0.2, -0.15) is 0 Å². The first-order valence-electron chi connectivity index (χ1n) is 8.28. The fraction of sp³-hybridized carbons (Fsp3) is 0.222. The molecule has 0 atom stereocenters. The number of amides is 1. The van der Waals surface area contributed by atoms with Crippen LogP contribution in [0.5, 0.6) is 0 Å². The van der Waals surface area contributed by atoms with Gasteiger partial charge in [-0.25, -0.2) is 23.6 Å². The number of fused-ring (bicyclic) bond motifs is 1. The lowest BCUT2D eigenvalue weighted by Gasteiger charge is -2.22. The van der Waals surface area contributed by atoms with Crippen molar-refractivity contribution in [1.82, 2.24) is 14.5 Å². The van der Waals surface area contributed by atoms with Crippen molar-refractivity contribution >= 4 is 34.5 Å². The number of anilines is 1. The Labute approximate surface area is 157 Å². The van der Waals surface area contributed by atoms with Gasteiger partial charge in [0.15, 0.2) is 0 Å². The van der Waals surface area contributed by atoms with Crippen molar-refractivity contribution in [2.75, 3.05) is 11.4 Å². The largest absolute Gasteiger partial charge is 0.465 e. The summed E-state index contributed by atoms with van der Waals surface area (Å²) in [6.07, 6.45) is 2.85. The summed E-state index contributed by atoms with van der Waals surface area (Å²) in [5.74, 6) is -0.553. The lowest BCUT2D eigenvalue weighted by molar-refractivity contribution is 0.201. The fourth-order valence-corrected chi connectivity index (χ4v) is 3.17. The van der Waals surface area contributed by atoms with Crippen LogP contribution in [0.3, 0.4) is 0 Å². The van der Waals surface area contributed by atoms with E-state index in [2.05, 4.69) is 9.97 Å². The van der Waals surface area contributed by atoms with Crippen LogP contribution in [0.1, 0.15) is 12.8 Å². The van der Waals surface area contributed by atoms with Crippen LogP contribution < -0.4 is 10.5 Å². The monoisotopic (exact) mass is 388 g/mol. The minimum atomic E-state index is -1.24. The molecular weight excluding hydrogens is 375 g/mol. The number of halogens is 2. The molecule has 1 fully saturated rings. The SMILES string of the molecule is O=C(O)N(CC1CC1)c1nc2cccc(Cl)c2c(=O)n1-c1cncc(F)c1. The topological polar surface area (TPSA) is 88.3 Å². The number of hydrogen-bond donors (Lipinski definition) is 1. The number of carbonyl (C=O) groups is 1. The average Bonchev–Trinajstić information content (AvgIpc) is 3.43. The molecular formula is C18H14ClFN4O3. The smallest absolute Gasteiger partial charge is 0.414 e. The number of pyridine rings is 1. The highest BCUT2D eigenvalue weighted by atomic mass is 35.5. The Balaban J connectivity index is 2.05. The molecule has 27 heavy (non-hydrogen) atoms. The zero-order chi connectivity index (χ0) is 19.1. The Bertz CT molecular complexity index is 1110. The van der Waals surface area contributed by atoms with E-state index in [1.165, 1.54) is 6.20 Å². The first-order valence-corrected chi connectivity index (χ1v) is 8.66. The highest BCUT2D eigenvalue weighted by Crippen LogP contribution is 2.32. The molecule has 1 amide bonds. The maximum absolute atomic E-state index is 13.7. The first kappa shape index (κ1) is 17.4. The number of aromatic nitrogens is 3. The molecule has 0 saturated heterocycles. The number of benzene rings is 1. The van der Waals surface area contributed by atoms with Crippen LogP contribution in [0.4, 0.5) is 15.1 Å². The van der Waals surface area contributed by atoms with E-state index < -0.39 is 17.5 Å². The van der Waals surface area contributed by atoms with E-state index in [0.29, 0.717) is 0 Å². The molecule has 0 unspecified atom stereocenters. The highest BCUT2D eigenvalue weighted by Gasteiger charge is 2.31. The lowest BCUT2D eigenvalue weighted by Crippen LogP contribution is -2.37. The molecule has 7 nitrogen and oxygen atoms in total. The van der Waals surface area contributed by atoms with E-state index in [9.17, 15) is 19.1 Å². The Morgan fingerprint density at radius 2 is 2.15 bits per heavy atom. The first-order chi connectivity index (χ1) is 13.0. The fourth-order valence-electron chi connectivity index (χ4n) is 2.92. The Morgan fingerprint density at radius 1 is 1.37 bits per heavy atom. The van der Waals surface area contributed by atoms with Crippen LogP contribution in [-0.4, -0.2) is 32.3 Å². The number of nitrogens with zero attached hydrogens (tertiary/aromatic N) is 4. The van der Waals surface area contributed by atoms with Crippen LogP contribution in [0.25, 0.3) is 16.6 Å². The maximum Gasteiger partial charge on any atom is 0.414 e. The maximum atomic E-state index is 13.7. The second-order valence-corrected chi connectivity index (χ2v) is 6.79. The molecule has 2 aromatic heterocycles. The summed E-state index contributed by atoms with van der Waals surface area (Å²) >= 11 is 6.17. The number of rotatable bonds is 4. The Morgan fingerprint density at radius 3 is 2.81 bits per heavy atom. The predicted octanol–water partition coefficient (Wildman–Crippen LogP) is 3.47. The van der Waals surface area contributed by atoms with Crippen LogP contribution in [0.15, 0.2) is 41.5 Å². The van der Waals surface area contributed by atoms with Crippen molar-refractivity contribution < 1.29 is 14.3 Å². The molecule has 0 bridgehead atoms. The van der Waals surface area contributed by atoms with Crippen molar-refractivity contribution in [2.45, 2.75) is 12.8 Å². The van der Waals surface area contributed by atoms with Gasteiger partial charge in [0, 0.05) is 12.6 Å². The van der Waals surface area contributed by atoms with Gasteiger partial charge in [-0.3, -0.25) is 9.78 Å². The Hall–Kier alpha value is -3.00. The molecule has 0 aliphatic heterocycles. The van der Waals surface area contributed by atoms with E-state index in [1.54, 1.807) is 18.2 Å². The third-order valence-electron chi connectivity index (χ3n) is 4.39. The second-order valence-electron chi connectivity index (χ2n) is 6.38. The predicted molar refractivity (Wildman–Crippen MR) is 98.2 cm³/mol. The van der Waals surface area contributed by atoms with Crippen LogP contribution in [0, 0.1) is 11.7 Å². The van der Waals surface area contributed by atoms with Crippen molar-refractivity contribution in [3.8, 4) is 5.69 Å². The van der Waals surface area contributed by atoms with E-state index in [-0.39, 0.29) is 40.0 Å². The zero-order valence-electron chi connectivity index (χ0n) is 14.0. The van der Waals surface area contributed by atoms with Gasteiger partial charge >= 0.3 is 6.09 Å². The summed E-state index contributed by atoms with van der Waals surface area (Å²) < 4.78 is 14.8. The van der Waals surface area contributed by atoms with Crippen LogP contribution >= 0.6 is 11.6 Å². The van der Waals surface area contributed by atoms with Crippen LogP contribution in [-0.2, 0) is 0 Å². The molecule has 1 aliphatic carbocycles. The molecule has 4 rings (SSSR count). The van der Waals surface area contributed by atoms with Gasteiger partial charge in [-0.15, -0.1) is 0 Å². The summed E-state index contributed by atoms with van der Waals surface area (Å²) in [7, 11) is 0. The molecule has 3 aromatic rings. The molecule has 1 N–H and O–H groups in total. The van der Waals surface area contributed by atoms with E-state index in [0.717, 1.165) is 34.6 Å². The third kappa shape index (κ3) is 3.23. The quantitative estimate of drug-likeness (QED) is 0.739. The number of carboxylic acid groups (broad SMARTS) is 1. The summed E-state index contributed by atoms with van der Waals surface area (Å²) in [5.41, 5.74) is -0.244. The van der Waals surface area contributed by atoms with Gasteiger partial charge in [-0.05, 0) is 30.9 Å². The lowest BCUT2D eigenvalue weighted by atomic mass is 10.2. The normalized spacial score (nSPS) is 13.7. The van der Waals surface area contributed by atoms with E-state index in [4.69, 9.17) is 11.6 Å². The van der Waals surface area contributed by atoms with E-state index >= 15 is 0 Å². The van der Waals surface area contributed by atoms with Crippen molar-refractivity contribution in [3.05, 3.63) is 57.9 Å². The Kier molecular flexibility index (Phi) is 4.27. The van der Waals surface area contributed by atoms with Gasteiger partial charge in [0.2, 0.25) is 5.95 Å². The van der Waals surface area contributed by atoms with Gasteiger partial charge in [0.1, 0.15) is 5.82 Å². The average molecular weight is 389 g/mol. The minimum Gasteiger partial charge on any atom is -0.465 e. The van der Waals surface area contributed by atoms with Gasteiger partial charge in [-0.1, -0.05) is 17.7 Å². The molecule has 2 heterocycles. The van der Waals surface area contributed by atoms with Crippen LogP contribution in [0.2, 0.25) is 5.02 Å². The van der Waals surface area contributed by atoms with Gasteiger partial charge < -0.3 is 5.11 Å². The van der Waals surface area contributed by atoms with Gasteiger partial charge in [0.05, 0.1) is 34.0 Å². The van der Waals surface area contributed by atoms with E-state index in [1.807, 2.05) is 0 Å². The number of hydrogen-bond acceptors (Lipinski definition) is 4. The molecule has 1 aliphatic rings. The summed E-state index contributed by atoms with van der Waals surface area (Å²) in [6, 6.07) is 5.85. The standard InChI is InChI=1S/C18H14ClFN4O3/c19-13-2-1-3-14-15(13)16(25)24(12-6-11(20)7-21-8-12)17(22-14)23(18(26)27)9-10-4-5-10/h1-3,6-8,10H,4-5,9H2,(H,26,27). The molecule has 1 saturated carbocycles. The molecule has 9 heteroatoms. The summed E-state index contributed by atoms with van der Waals surface area (Å²) in [6.45, 7) is 0.205. The van der Waals surface area contributed by atoms with Crippen molar-refractivity contribution in [2.24, 2.45) is 5.92 Å². The third-order valence-corrected chi connectivity index (χ3v) is 4.70. The summed E-state index contributed by atoms with van der Waals surface area (Å²) in [5, 5.41) is 10.0. The minimum absolute atomic E-state index is 0.0753. The molecule has 0 radical (unpaired) electrons. The van der Waals surface area contributed by atoms with Crippen molar-refractivity contribution in [1.29, 1.82) is 0 Å². The van der Waals surface area contributed by atoms with Crippen molar-refractivity contribution in [3.63, 3.8) is 0 Å². The molecule has 1 aromatic carbocycles. The highest BCUT2D eigenvalue weighted by molar-refractivity contribution is 6.35. The zero-order valence-corrected chi connectivity index (χ0v) is 14.7. The summed E-state index contributed by atoms with van der Waals surface area (Å²) in [4.78, 5) is 34.2. The molecule has 138 valence electrons.